The molecule has 2 rings (SSSR count). The Balaban J connectivity index is 1.81. The van der Waals surface area contributed by atoms with Gasteiger partial charge in [0, 0.05) is 20.1 Å². The van der Waals surface area contributed by atoms with Gasteiger partial charge in [-0.2, -0.15) is 11.3 Å². The van der Waals surface area contributed by atoms with Gasteiger partial charge in [0.15, 0.2) is 5.96 Å². The van der Waals surface area contributed by atoms with Crippen molar-refractivity contribution in [3.63, 3.8) is 0 Å². The van der Waals surface area contributed by atoms with Crippen LogP contribution in [-0.4, -0.2) is 19.6 Å². The lowest BCUT2D eigenvalue weighted by atomic mass is 10.1. The summed E-state index contributed by atoms with van der Waals surface area (Å²) in [4.78, 5) is 4.18. The van der Waals surface area contributed by atoms with E-state index in [-0.39, 0.29) is 5.82 Å². The highest BCUT2D eigenvalue weighted by molar-refractivity contribution is 7.07. The first-order valence-corrected chi connectivity index (χ1v) is 7.84. The van der Waals surface area contributed by atoms with E-state index in [4.69, 9.17) is 0 Å². The molecule has 1 atom stereocenters. The molecule has 0 saturated heterocycles. The molecule has 2 aromatic rings. The smallest absolute Gasteiger partial charge is 0.191 e. The van der Waals surface area contributed by atoms with E-state index in [0.29, 0.717) is 12.5 Å². The molecular weight excluding hydrogens is 285 g/mol. The first-order valence-electron chi connectivity index (χ1n) is 6.90. The van der Waals surface area contributed by atoms with Crippen LogP contribution in [0.5, 0.6) is 0 Å². The Labute approximate surface area is 128 Å². The Hall–Kier alpha value is -1.88. The molecule has 0 radical (unpaired) electrons. The summed E-state index contributed by atoms with van der Waals surface area (Å²) in [6, 6.07) is 8.70. The quantitative estimate of drug-likeness (QED) is 0.656. The van der Waals surface area contributed by atoms with E-state index in [2.05, 4.69) is 39.4 Å². The molecule has 0 bridgehead atoms. The molecule has 0 spiro atoms. The Morgan fingerprint density at radius 2 is 2.19 bits per heavy atom. The fourth-order valence-corrected chi connectivity index (χ4v) is 2.76. The third-order valence-electron chi connectivity index (χ3n) is 3.26. The minimum absolute atomic E-state index is 0.219. The standard InChI is InChI=1S/C16H20FN3S/c1-12(14-6-7-21-11-14)9-19-16(18-2)20-10-13-4-3-5-15(17)8-13/h3-8,11-12H,9-10H2,1-2H3,(H2,18,19,20). The van der Waals surface area contributed by atoms with Gasteiger partial charge in [0.2, 0.25) is 0 Å². The second kappa shape index (κ2) is 7.78. The summed E-state index contributed by atoms with van der Waals surface area (Å²) in [7, 11) is 1.73. The molecule has 0 fully saturated rings. The van der Waals surface area contributed by atoms with Crippen molar-refractivity contribution in [2.45, 2.75) is 19.4 Å². The van der Waals surface area contributed by atoms with Crippen LogP contribution in [0.3, 0.4) is 0 Å². The number of guanidine groups is 1. The molecule has 0 aliphatic carbocycles. The van der Waals surface area contributed by atoms with Crippen LogP contribution < -0.4 is 10.6 Å². The minimum atomic E-state index is -0.219. The Bertz CT molecular complexity index is 581. The van der Waals surface area contributed by atoms with Crippen LogP contribution >= 0.6 is 11.3 Å². The van der Waals surface area contributed by atoms with Crippen LogP contribution in [0.1, 0.15) is 24.0 Å². The van der Waals surface area contributed by atoms with Gasteiger partial charge in [0.25, 0.3) is 0 Å². The van der Waals surface area contributed by atoms with Crippen molar-refractivity contribution in [3.05, 3.63) is 58.0 Å². The molecule has 0 amide bonds. The van der Waals surface area contributed by atoms with Crippen LogP contribution in [0.25, 0.3) is 0 Å². The molecule has 5 heteroatoms. The maximum absolute atomic E-state index is 13.1. The van der Waals surface area contributed by atoms with Crippen LogP contribution in [0.2, 0.25) is 0 Å². The Morgan fingerprint density at radius 1 is 1.33 bits per heavy atom. The van der Waals surface area contributed by atoms with Crippen molar-refractivity contribution in [1.82, 2.24) is 10.6 Å². The van der Waals surface area contributed by atoms with Gasteiger partial charge in [0.1, 0.15) is 5.82 Å². The molecule has 1 heterocycles. The summed E-state index contributed by atoms with van der Waals surface area (Å²) in [5.74, 6) is 0.925. The zero-order chi connectivity index (χ0) is 15.1. The molecule has 21 heavy (non-hydrogen) atoms. The van der Waals surface area contributed by atoms with Crippen molar-refractivity contribution in [3.8, 4) is 0 Å². The Morgan fingerprint density at radius 3 is 2.86 bits per heavy atom. The summed E-state index contributed by atoms with van der Waals surface area (Å²) >= 11 is 1.71. The topological polar surface area (TPSA) is 36.4 Å². The minimum Gasteiger partial charge on any atom is -0.356 e. The first-order chi connectivity index (χ1) is 10.2. The molecule has 1 aromatic carbocycles. The monoisotopic (exact) mass is 305 g/mol. The summed E-state index contributed by atoms with van der Waals surface area (Å²) in [6.45, 7) is 3.53. The Kier molecular flexibility index (Phi) is 5.75. The second-order valence-electron chi connectivity index (χ2n) is 4.89. The highest BCUT2D eigenvalue weighted by Crippen LogP contribution is 2.16. The van der Waals surface area contributed by atoms with Crippen LogP contribution in [0.4, 0.5) is 4.39 Å². The lowest BCUT2D eigenvalue weighted by Gasteiger charge is -2.15. The summed E-state index contributed by atoms with van der Waals surface area (Å²) in [5, 5.41) is 10.7. The van der Waals surface area contributed by atoms with Crippen LogP contribution in [-0.2, 0) is 6.54 Å². The van der Waals surface area contributed by atoms with Gasteiger partial charge >= 0.3 is 0 Å². The van der Waals surface area contributed by atoms with Gasteiger partial charge in [-0.05, 0) is 46.0 Å². The predicted octanol–water partition coefficient (Wildman–Crippen LogP) is 3.36. The van der Waals surface area contributed by atoms with Gasteiger partial charge in [-0.15, -0.1) is 0 Å². The lowest BCUT2D eigenvalue weighted by Crippen LogP contribution is -2.38. The molecule has 1 aromatic heterocycles. The number of halogens is 1. The van der Waals surface area contributed by atoms with Gasteiger partial charge < -0.3 is 10.6 Å². The maximum Gasteiger partial charge on any atom is 0.191 e. The normalized spacial score (nSPS) is 13.0. The van der Waals surface area contributed by atoms with E-state index >= 15 is 0 Å². The predicted molar refractivity (Wildman–Crippen MR) is 87.3 cm³/mol. The third kappa shape index (κ3) is 4.86. The molecule has 112 valence electrons. The van der Waals surface area contributed by atoms with Crippen molar-refractivity contribution >= 4 is 17.3 Å². The molecular formula is C16H20FN3S. The summed E-state index contributed by atoms with van der Waals surface area (Å²) < 4.78 is 13.1. The largest absolute Gasteiger partial charge is 0.356 e. The fourth-order valence-electron chi connectivity index (χ4n) is 1.98. The number of nitrogens with zero attached hydrogens (tertiary/aromatic N) is 1. The van der Waals surface area contributed by atoms with E-state index in [1.165, 1.54) is 17.7 Å². The van der Waals surface area contributed by atoms with E-state index in [1.807, 2.05) is 6.07 Å². The molecule has 1 unspecified atom stereocenters. The fraction of sp³-hybridized carbons (Fsp3) is 0.312. The highest BCUT2D eigenvalue weighted by Gasteiger charge is 2.07. The molecule has 3 nitrogen and oxygen atoms in total. The third-order valence-corrected chi connectivity index (χ3v) is 3.96. The van der Waals surface area contributed by atoms with E-state index in [0.717, 1.165) is 18.1 Å². The van der Waals surface area contributed by atoms with Crippen molar-refractivity contribution in [1.29, 1.82) is 0 Å². The van der Waals surface area contributed by atoms with E-state index in [1.54, 1.807) is 24.5 Å². The number of rotatable bonds is 5. The number of hydrogen-bond acceptors (Lipinski definition) is 2. The average molecular weight is 305 g/mol. The van der Waals surface area contributed by atoms with Crippen molar-refractivity contribution < 1.29 is 4.39 Å². The maximum atomic E-state index is 13.1. The van der Waals surface area contributed by atoms with Crippen molar-refractivity contribution in [2.24, 2.45) is 4.99 Å². The number of nitrogens with one attached hydrogen (secondary N) is 2. The molecule has 0 saturated carbocycles. The summed E-state index contributed by atoms with van der Waals surface area (Å²) in [5.41, 5.74) is 2.22. The first kappa shape index (κ1) is 15.5. The van der Waals surface area contributed by atoms with Gasteiger partial charge in [0.05, 0.1) is 0 Å². The summed E-state index contributed by atoms with van der Waals surface area (Å²) in [6.07, 6.45) is 0. The molecule has 0 aliphatic heterocycles. The molecule has 2 N–H and O–H groups in total. The van der Waals surface area contributed by atoms with Gasteiger partial charge in [-0.3, -0.25) is 4.99 Å². The van der Waals surface area contributed by atoms with Crippen molar-refractivity contribution in [2.75, 3.05) is 13.6 Å². The van der Waals surface area contributed by atoms with Crippen LogP contribution in [0.15, 0.2) is 46.1 Å². The van der Waals surface area contributed by atoms with Gasteiger partial charge in [-0.1, -0.05) is 19.1 Å². The molecule has 0 aliphatic rings. The van der Waals surface area contributed by atoms with Crippen LogP contribution in [0, 0.1) is 5.82 Å². The van der Waals surface area contributed by atoms with Gasteiger partial charge in [-0.25, -0.2) is 4.39 Å². The second-order valence-corrected chi connectivity index (χ2v) is 5.67. The van der Waals surface area contributed by atoms with E-state index in [9.17, 15) is 4.39 Å². The number of benzene rings is 1. The lowest BCUT2D eigenvalue weighted by molar-refractivity contribution is 0.624. The zero-order valence-corrected chi connectivity index (χ0v) is 13.1. The SMILES string of the molecule is CN=C(NCc1cccc(F)c1)NCC(C)c1ccsc1. The average Bonchev–Trinajstić information content (AvgIpc) is 3.01. The number of thiophene rings is 1. The number of hydrogen-bond donors (Lipinski definition) is 2. The number of aliphatic imine (C=N–C) groups is 1. The van der Waals surface area contributed by atoms with E-state index < -0.39 is 0 Å². The highest BCUT2D eigenvalue weighted by atomic mass is 32.1. The zero-order valence-electron chi connectivity index (χ0n) is 12.3.